The number of unbranched alkanes of at least 4 members (excludes halogenated alkanes) is 3. The Balaban J connectivity index is 1.87. The number of rotatable bonds is 11. The zero-order valence-electron chi connectivity index (χ0n) is 15.9. The Labute approximate surface area is 156 Å². The second-order valence-corrected chi connectivity index (χ2v) is 9.20. The smallest absolute Gasteiger partial charge is 0.0195 e. The summed E-state index contributed by atoms with van der Waals surface area (Å²) in [6, 6.07) is 22.1. The van der Waals surface area contributed by atoms with Gasteiger partial charge in [0.05, 0.1) is 0 Å². The van der Waals surface area contributed by atoms with Crippen molar-refractivity contribution in [2.75, 3.05) is 6.16 Å². The first-order chi connectivity index (χ1) is 12.3. The highest BCUT2D eigenvalue weighted by atomic mass is 31.1. The lowest BCUT2D eigenvalue weighted by atomic mass is 10.0. The van der Waals surface area contributed by atoms with Crippen LogP contribution in [-0.4, -0.2) is 6.16 Å². The van der Waals surface area contributed by atoms with Gasteiger partial charge in [0.15, 0.2) is 0 Å². The Morgan fingerprint density at radius 3 is 2.00 bits per heavy atom. The van der Waals surface area contributed by atoms with Gasteiger partial charge in [0.2, 0.25) is 0 Å². The van der Waals surface area contributed by atoms with E-state index in [0.29, 0.717) is 0 Å². The number of hydrogen-bond donors (Lipinski definition) is 0. The first-order valence-corrected chi connectivity index (χ1v) is 11.4. The summed E-state index contributed by atoms with van der Waals surface area (Å²) in [6.07, 6.45) is 14.1. The standard InChI is InChI=1S/C24H33P/c1-3-4-5-8-15-22(2)16-13-14-21-25(23-17-9-6-10-18-23)24-19-11-7-12-20-24/h6-7,9-13,16-20,22H,3-5,8,14-15,21H2,1-2H3/b16-13+. The molecule has 1 atom stereocenters. The lowest BCUT2D eigenvalue weighted by Crippen LogP contribution is -2.13. The maximum absolute atomic E-state index is 2.44. The molecule has 0 heterocycles. The fourth-order valence-electron chi connectivity index (χ4n) is 3.14. The first-order valence-electron chi connectivity index (χ1n) is 9.85. The molecule has 0 spiro atoms. The Bertz CT molecular complexity index is 549. The zero-order chi connectivity index (χ0) is 17.7. The summed E-state index contributed by atoms with van der Waals surface area (Å²) in [6.45, 7) is 4.64. The van der Waals surface area contributed by atoms with E-state index in [-0.39, 0.29) is 7.92 Å². The molecule has 1 unspecified atom stereocenters. The number of hydrogen-bond acceptors (Lipinski definition) is 0. The molecule has 2 rings (SSSR count). The average molecular weight is 353 g/mol. The summed E-state index contributed by atoms with van der Waals surface area (Å²) in [5.41, 5.74) is 0. The molecule has 2 aromatic carbocycles. The summed E-state index contributed by atoms with van der Waals surface area (Å²) in [5, 5.41) is 2.98. The summed E-state index contributed by atoms with van der Waals surface area (Å²) >= 11 is 0. The third kappa shape index (κ3) is 7.57. The quantitative estimate of drug-likeness (QED) is 0.241. The molecule has 0 aliphatic carbocycles. The minimum Gasteiger partial charge on any atom is -0.0879 e. The number of benzene rings is 2. The third-order valence-corrected chi connectivity index (χ3v) is 7.18. The molecule has 0 nitrogen and oxygen atoms in total. The zero-order valence-corrected chi connectivity index (χ0v) is 16.8. The van der Waals surface area contributed by atoms with Crippen LogP contribution in [0.15, 0.2) is 72.8 Å². The molecule has 0 saturated heterocycles. The highest BCUT2D eigenvalue weighted by Gasteiger charge is 2.12. The second kappa shape index (κ2) is 12.0. The highest BCUT2D eigenvalue weighted by Crippen LogP contribution is 2.34. The molecule has 0 aliphatic rings. The predicted molar refractivity (Wildman–Crippen MR) is 116 cm³/mol. The lowest BCUT2D eigenvalue weighted by Gasteiger charge is -2.18. The lowest BCUT2D eigenvalue weighted by molar-refractivity contribution is 0.560. The SMILES string of the molecule is CCCCCCC(C)/C=C/CCP(c1ccccc1)c1ccccc1. The molecule has 0 saturated carbocycles. The van der Waals surface area contributed by atoms with Gasteiger partial charge in [0.1, 0.15) is 0 Å². The largest absolute Gasteiger partial charge is 0.0879 e. The molecule has 134 valence electrons. The van der Waals surface area contributed by atoms with E-state index in [9.17, 15) is 0 Å². The molecule has 0 amide bonds. The molecule has 0 fully saturated rings. The van der Waals surface area contributed by atoms with Gasteiger partial charge in [-0.25, -0.2) is 0 Å². The average Bonchev–Trinajstić information content (AvgIpc) is 2.67. The monoisotopic (exact) mass is 352 g/mol. The van der Waals surface area contributed by atoms with Crippen LogP contribution in [0, 0.1) is 5.92 Å². The molecule has 0 bridgehead atoms. The van der Waals surface area contributed by atoms with E-state index >= 15 is 0 Å². The van der Waals surface area contributed by atoms with E-state index in [1.54, 1.807) is 0 Å². The van der Waals surface area contributed by atoms with Crippen LogP contribution in [0.3, 0.4) is 0 Å². The van der Waals surface area contributed by atoms with Crippen molar-refractivity contribution in [3.05, 3.63) is 72.8 Å². The second-order valence-electron chi connectivity index (χ2n) is 6.87. The third-order valence-electron chi connectivity index (χ3n) is 4.63. The minimum atomic E-state index is -0.249. The van der Waals surface area contributed by atoms with E-state index in [1.807, 2.05) is 0 Å². The van der Waals surface area contributed by atoms with E-state index in [4.69, 9.17) is 0 Å². The van der Waals surface area contributed by atoms with E-state index < -0.39 is 0 Å². The maximum atomic E-state index is 2.44. The molecular formula is C24H33P. The summed E-state index contributed by atoms with van der Waals surface area (Å²) < 4.78 is 0. The van der Waals surface area contributed by atoms with Crippen molar-refractivity contribution in [1.29, 1.82) is 0 Å². The summed E-state index contributed by atoms with van der Waals surface area (Å²) in [7, 11) is -0.249. The van der Waals surface area contributed by atoms with Crippen LogP contribution >= 0.6 is 7.92 Å². The van der Waals surface area contributed by atoms with Gasteiger partial charge in [-0.1, -0.05) is 112 Å². The van der Waals surface area contributed by atoms with Crippen molar-refractivity contribution in [2.24, 2.45) is 5.92 Å². The van der Waals surface area contributed by atoms with Crippen LogP contribution in [-0.2, 0) is 0 Å². The molecule has 2 aromatic rings. The topological polar surface area (TPSA) is 0 Å². The van der Waals surface area contributed by atoms with Gasteiger partial charge in [0, 0.05) is 0 Å². The molecule has 1 heteroatoms. The van der Waals surface area contributed by atoms with Gasteiger partial charge < -0.3 is 0 Å². The van der Waals surface area contributed by atoms with Crippen LogP contribution in [0.1, 0.15) is 52.4 Å². The fraction of sp³-hybridized carbons (Fsp3) is 0.417. The Kier molecular flexibility index (Phi) is 9.60. The van der Waals surface area contributed by atoms with Crippen molar-refractivity contribution in [1.82, 2.24) is 0 Å². The van der Waals surface area contributed by atoms with Crippen molar-refractivity contribution >= 4 is 18.5 Å². The van der Waals surface area contributed by atoms with Gasteiger partial charge >= 0.3 is 0 Å². The summed E-state index contributed by atoms with van der Waals surface area (Å²) in [4.78, 5) is 0. The number of allylic oxidation sites excluding steroid dienone is 2. The molecule has 0 radical (unpaired) electrons. The molecule has 0 aliphatic heterocycles. The van der Waals surface area contributed by atoms with Gasteiger partial charge in [-0.2, -0.15) is 0 Å². The van der Waals surface area contributed by atoms with Gasteiger partial charge in [0.25, 0.3) is 0 Å². The Morgan fingerprint density at radius 2 is 1.44 bits per heavy atom. The van der Waals surface area contributed by atoms with E-state index in [1.165, 1.54) is 55.3 Å². The van der Waals surface area contributed by atoms with Crippen LogP contribution < -0.4 is 10.6 Å². The van der Waals surface area contributed by atoms with Gasteiger partial charge in [-0.05, 0) is 43.5 Å². The van der Waals surface area contributed by atoms with Crippen molar-refractivity contribution in [3.8, 4) is 0 Å². The van der Waals surface area contributed by atoms with Gasteiger partial charge in [-0.15, -0.1) is 0 Å². The van der Waals surface area contributed by atoms with E-state index in [0.717, 1.165) is 5.92 Å². The molecule has 0 aromatic heterocycles. The fourth-order valence-corrected chi connectivity index (χ4v) is 5.43. The van der Waals surface area contributed by atoms with Crippen LogP contribution in [0.25, 0.3) is 0 Å². The Hall–Kier alpha value is -1.39. The predicted octanol–water partition coefficient (Wildman–Crippen LogP) is 6.67. The Morgan fingerprint density at radius 1 is 0.840 bits per heavy atom. The normalized spacial score (nSPS) is 12.8. The van der Waals surface area contributed by atoms with Gasteiger partial charge in [-0.3, -0.25) is 0 Å². The minimum absolute atomic E-state index is 0.249. The summed E-state index contributed by atoms with van der Waals surface area (Å²) in [5.74, 6) is 0.719. The van der Waals surface area contributed by atoms with Crippen molar-refractivity contribution < 1.29 is 0 Å². The molecular weight excluding hydrogens is 319 g/mol. The van der Waals surface area contributed by atoms with Crippen LogP contribution in [0.2, 0.25) is 0 Å². The molecule has 25 heavy (non-hydrogen) atoms. The van der Waals surface area contributed by atoms with Crippen LogP contribution in [0.4, 0.5) is 0 Å². The first kappa shape index (κ1) is 19.9. The molecule has 0 N–H and O–H groups in total. The van der Waals surface area contributed by atoms with E-state index in [2.05, 4.69) is 86.7 Å². The maximum Gasteiger partial charge on any atom is -0.0195 e. The van der Waals surface area contributed by atoms with Crippen molar-refractivity contribution in [3.63, 3.8) is 0 Å². The van der Waals surface area contributed by atoms with Crippen molar-refractivity contribution in [2.45, 2.75) is 52.4 Å². The van der Waals surface area contributed by atoms with Crippen LogP contribution in [0.5, 0.6) is 0 Å². The highest BCUT2D eigenvalue weighted by molar-refractivity contribution is 7.73.